The van der Waals surface area contributed by atoms with E-state index in [2.05, 4.69) is 12.2 Å². The molecule has 1 unspecified atom stereocenters. The van der Waals surface area contributed by atoms with Gasteiger partial charge in [-0.15, -0.1) is 0 Å². The molecular formula is C15H28N2O2. The van der Waals surface area contributed by atoms with Gasteiger partial charge in [0.15, 0.2) is 0 Å². The van der Waals surface area contributed by atoms with Crippen molar-refractivity contribution < 1.29 is 9.53 Å². The first-order valence-corrected chi connectivity index (χ1v) is 7.78. The lowest BCUT2D eigenvalue weighted by Crippen LogP contribution is -2.44. The molecule has 4 nitrogen and oxygen atoms in total. The number of amides is 1. The molecule has 1 aliphatic heterocycles. The number of ether oxygens (including phenoxy) is 1. The zero-order valence-electron chi connectivity index (χ0n) is 12.4. The van der Waals surface area contributed by atoms with Gasteiger partial charge < -0.3 is 15.0 Å². The summed E-state index contributed by atoms with van der Waals surface area (Å²) in [6.45, 7) is 4.71. The third-order valence-electron chi connectivity index (χ3n) is 4.74. The van der Waals surface area contributed by atoms with Crippen LogP contribution in [-0.2, 0) is 9.53 Å². The van der Waals surface area contributed by atoms with E-state index in [0.717, 1.165) is 25.6 Å². The standard InChI is InChI=1S/C15H28N2O2/c1-3-12-4-6-13(7-5-12)17(2)15(18)10-14-11-16-8-9-19-14/h12-14,16H,3-11H2,1-2H3. The number of rotatable bonds is 4. The van der Waals surface area contributed by atoms with Gasteiger partial charge in [-0.3, -0.25) is 4.79 Å². The quantitative estimate of drug-likeness (QED) is 0.845. The first kappa shape index (κ1) is 14.8. The summed E-state index contributed by atoms with van der Waals surface area (Å²) in [6.07, 6.45) is 6.77. The lowest BCUT2D eigenvalue weighted by atomic mass is 9.84. The molecule has 1 atom stereocenters. The Morgan fingerprint density at radius 2 is 2.05 bits per heavy atom. The Labute approximate surface area is 116 Å². The molecule has 0 spiro atoms. The minimum absolute atomic E-state index is 0.0654. The third kappa shape index (κ3) is 4.18. The highest BCUT2D eigenvalue weighted by Crippen LogP contribution is 2.29. The van der Waals surface area contributed by atoms with Gasteiger partial charge in [-0.1, -0.05) is 13.3 Å². The van der Waals surface area contributed by atoms with Gasteiger partial charge in [-0.2, -0.15) is 0 Å². The summed E-state index contributed by atoms with van der Waals surface area (Å²) in [5.41, 5.74) is 0. The van der Waals surface area contributed by atoms with Gasteiger partial charge in [0.05, 0.1) is 19.1 Å². The zero-order valence-corrected chi connectivity index (χ0v) is 12.4. The molecule has 0 aromatic rings. The average molecular weight is 268 g/mol. The predicted molar refractivity (Wildman–Crippen MR) is 76.0 cm³/mol. The first-order valence-electron chi connectivity index (χ1n) is 7.78. The van der Waals surface area contributed by atoms with E-state index in [1.54, 1.807) is 0 Å². The van der Waals surface area contributed by atoms with E-state index in [9.17, 15) is 4.79 Å². The largest absolute Gasteiger partial charge is 0.375 e. The van der Waals surface area contributed by atoms with Crippen molar-refractivity contribution in [3.63, 3.8) is 0 Å². The van der Waals surface area contributed by atoms with Crippen molar-refractivity contribution in [1.82, 2.24) is 10.2 Å². The second-order valence-electron chi connectivity index (χ2n) is 5.99. The molecule has 0 bridgehead atoms. The van der Waals surface area contributed by atoms with Crippen LogP contribution in [0.5, 0.6) is 0 Å². The van der Waals surface area contributed by atoms with Crippen LogP contribution < -0.4 is 5.32 Å². The van der Waals surface area contributed by atoms with Crippen molar-refractivity contribution in [2.24, 2.45) is 5.92 Å². The van der Waals surface area contributed by atoms with Crippen molar-refractivity contribution in [3.8, 4) is 0 Å². The summed E-state index contributed by atoms with van der Waals surface area (Å²) >= 11 is 0. The topological polar surface area (TPSA) is 41.6 Å². The maximum absolute atomic E-state index is 12.3. The van der Waals surface area contributed by atoms with Gasteiger partial charge >= 0.3 is 0 Å². The van der Waals surface area contributed by atoms with Crippen LogP contribution in [0, 0.1) is 5.92 Å². The Morgan fingerprint density at radius 3 is 2.63 bits per heavy atom. The van der Waals surface area contributed by atoms with Crippen molar-refractivity contribution >= 4 is 5.91 Å². The highest BCUT2D eigenvalue weighted by molar-refractivity contribution is 5.76. The van der Waals surface area contributed by atoms with Crippen LogP contribution in [0.3, 0.4) is 0 Å². The highest BCUT2D eigenvalue weighted by Gasteiger charge is 2.27. The number of carbonyl (C=O) groups is 1. The third-order valence-corrected chi connectivity index (χ3v) is 4.74. The van der Waals surface area contributed by atoms with Crippen LogP contribution in [0.15, 0.2) is 0 Å². The van der Waals surface area contributed by atoms with Crippen molar-refractivity contribution in [2.75, 3.05) is 26.7 Å². The minimum Gasteiger partial charge on any atom is -0.375 e. The predicted octanol–water partition coefficient (Wildman–Crippen LogP) is 1.79. The fourth-order valence-corrected chi connectivity index (χ4v) is 3.23. The molecule has 2 fully saturated rings. The molecule has 1 amide bonds. The average Bonchev–Trinajstić information content (AvgIpc) is 2.47. The Balaban J connectivity index is 1.75. The molecule has 1 N–H and O–H groups in total. The summed E-state index contributed by atoms with van der Waals surface area (Å²) in [6, 6.07) is 0.451. The maximum Gasteiger partial charge on any atom is 0.225 e. The fourth-order valence-electron chi connectivity index (χ4n) is 3.23. The number of nitrogens with zero attached hydrogens (tertiary/aromatic N) is 1. The first-order chi connectivity index (χ1) is 9.20. The zero-order chi connectivity index (χ0) is 13.7. The van der Waals surface area contributed by atoms with Crippen LogP contribution in [0.1, 0.15) is 45.4 Å². The molecular weight excluding hydrogens is 240 g/mol. The Kier molecular flexibility index (Phi) is 5.64. The van der Waals surface area contributed by atoms with Gasteiger partial charge in [0, 0.05) is 26.2 Å². The van der Waals surface area contributed by atoms with Crippen LogP contribution >= 0.6 is 0 Å². The summed E-state index contributed by atoms with van der Waals surface area (Å²) < 4.78 is 5.61. The second-order valence-corrected chi connectivity index (χ2v) is 5.99. The maximum atomic E-state index is 12.3. The molecule has 1 saturated carbocycles. The van der Waals surface area contributed by atoms with E-state index in [0.29, 0.717) is 12.5 Å². The lowest BCUT2D eigenvalue weighted by Gasteiger charge is -2.35. The van der Waals surface area contributed by atoms with Gasteiger partial charge in [0.25, 0.3) is 0 Å². The molecule has 19 heavy (non-hydrogen) atoms. The summed E-state index contributed by atoms with van der Waals surface area (Å²) in [5.74, 6) is 1.12. The number of hydrogen-bond donors (Lipinski definition) is 1. The minimum atomic E-state index is 0.0654. The van der Waals surface area contributed by atoms with E-state index < -0.39 is 0 Å². The van der Waals surface area contributed by atoms with Crippen molar-refractivity contribution in [2.45, 2.75) is 57.6 Å². The molecule has 2 rings (SSSR count). The van der Waals surface area contributed by atoms with Gasteiger partial charge in [-0.05, 0) is 31.6 Å². The van der Waals surface area contributed by atoms with Crippen molar-refractivity contribution in [3.05, 3.63) is 0 Å². The van der Waals surface area contributed by atoms with E-state index in [1.807, 2.05) is 11.9 Å². The Morgan fingerprint density at radius 1 is 1.32 bits per heavy atom. The fraction of sp³-hybridized carbons (Fsp3) is 0.933. The number of hydrogen-bond acceptors (Lipinski definition) is 3. The number of nitrogens with one attached hydrogen (secondary N) is 1. The van der Waals surface area contributed by atoms with Gasteiger partial charge in [-0.25, -0.2) is 0 Å². The van der Waals surface area contributed by atoms with Crippen LogP contribution in [0.4, 0.5) is 0 Å². The molecule has 1 aliphatic carbocycles. The SMILES string of the molecule is CCC1CCC(N(C)C(=O)CC2CNCCO2)CC1. The molecule has 0 aromatic carbocycles. The Hall–Kier alpha value is -0.610. The van der Waals surface area contributed by atoms with Crippen molar-refractivity contribution in [1.29, 1.82) is 0 Å². The summed E-state index contributed by atoms with van der Waals surface area (Å²) in [5, 5.41) is 3.28. The smallest absolute Gasteiger partial charge is 0.225 e. The van der Waals surface area contributed by atoms with E-state index >= 15 is 0 Å². The molecule has 110 valence electrons. The summed E-state index contributed by atoms with van der Waals surface area (Å²) in [7, 11) is 1.97. The number of morpholine rings is 1. The van der Waals surface area contributed by atoms with E-state index in [-0.39, 0.29) is 12.0 Å². The Bertz CT molecular complexity index is 282. The molecule has 4 heteroatoms. The van der Waals surface area contributed by atoms with Gasteiger partial charge in [0.1, 0.15) is 0 Å². The molecule has 1 heterocycles. The highest BCUT2D eigenvalue weighted by atomic mass is 16.5. The number of carbonyl (C=O) groups excluding carboxylic acids is 1. The van der Waals surface area contributed by atoms with Gasteiger partial charge in [0.2, 0.25) is 5.91 Å². The molecule has 1 saturated heterocycles. The van der Waals surface area contributed by atoms with E-state index in [4.69, 9.17) is 4.74 Å². The molecule has 0 aromatic heterocycles. The van der Waals surface area contributed by atoms with Crippen LogP contribution in [-0.4, -0.2) is 49.7 Å². The van der Waals surface area contributed by atoms with Crippen LogP contribution in [0.25, 0.3) is 0 Å². The second kappa shape index (κ2) is 7.25. The summed E-state index contributed by atoms with van der Waals surface area (Å²) in [4.78, 5) is 14.3. The lowest BCUT2D eigenvalue weighted by molar-refractivity contribution is -0.136. The molecule has 2 aliphatic rings. The molecule has 0 radical (unpaired) electrons. The van der Waals surface area contributed by atoms with Crippen LogP contribution in [0.2, 0.25) is 0 Å². The van der Waals surface area contributed by atoms with E-state index in [1.165, 1.54) is 32.1 Å². The normalized spacial score (nSPS) is 32.0. The monoisotopic (exact) mass is 268 g/mol.